The lowest BCUT2D eigenvalue weighted by Crippen LogP contribution is -2.26. The van der Waals surface area contributed by atoms with E-state index in [-0.39, 0.29) is 10.8 Å². The molecule has 154 valence electrons. The first-order valence-electron chi connectivity index (χ1n) is 11.3. The Labute approximate surface area is 169 Å². The molecule has 2 rings (SSSR count). The molecule has 0 aromatic heterocycles. The Balaban J connectivity index is 2.06. The van der Waals surface area contributed by atoms with Crippen molar-refractivity contribution in [2.45, 2.75) is 99.3 Å². The highest BCUT2D eigenvalue weighted by Gasteiger charge is 2.26. The van der Waals surface area contributed by atoms with Crippen LogP contribution in [0.1, 0.15) is 99.3 Å². The molecule has 0 aliphatic carbocycles. The number of allylic oxidation sites excluding steroid dienone is 4. The second-order valence-electron chi connectivity index (χ2n) is 10.7. The van der Waals surface area contributed by atoms with Gasteiger partial charge in [-0.2, -0.15) is 0 Å². The normalized spacial score (nSPS) is 24.5. The van der Waals surface area contributed by atoms with Crippen LogP contribution in [0, 0.1) is 16.2 Å². The van der Waals surface area contributed by atoms with Crippen molar-refractivity contribution in [1.29, 1.82) is 0 Å². The zero-order valence-electron chi connectivity index (χ0n) is 19.0. The number of aliphatic imine (C=N–C) groups is 1. The summed E-state index contributed by atoms with van der Waals surface area (Å²) >= 11 is 0. The smallest absolute Gasteiger partial charge is 0.0394 e. The lowest BCUT2D eigenvalue weighted by atomic mass is 9.77. The predicted octanol–water partition coefficient (Wildman–Crippen LogP) is 7.07. The fourth-order valence-corrected chi connectivity index (χ4v) is 4.23. The van der Waals surface area contributed by atoms with Crippen LogP contribution in [-0.4, -0.2) is 18.8 Å². The van der Waals surface area contributed by atoms with Crippen molar-refractivity contribution in [1.82, 2.24) is 5.32 Å². The average molecular weight is 373 g/mol. The largest absolute Gasteiger partial charge is 0.389 e. The van der Waals surface area contributed by atoms with Crippen LogP contribution in [0.2, 0.25) is 0 Å². The van der Waals surface area contributed by atoms with Crippen molar-refractivity contribution in [3.05, 3.63) is 23.9 Å². The average Bonchev–Trinajstić information content (AvgIpc) is 2.52. The molecule has 0 aromatic rings. The summed E-state index contributed by atoms with van der Waals surface area (Å²) in [5.74, 6) is 0. The second-order valence-corrected chi connectivity index (χ2v) is 10.7. The topological polar surface area (TPSA) is 24.4 Å². The Morgan fingerprint density at radius 3 is 2.41 bits per heavy atom. The molecule has 0 aromatic carbocycles. The Bertz CT molecular complexity index is 551. The van der Waals surface area contributed by atoms with Crippen LogP contribution in [0.15, 0.2) is 28.9 Å². The van der Waals surface area contributed by atoms with Crippen molar-refractivity contribution in [2.24, 2.45) is 21.2 Å². The second kappa shape index (κ2) is 9.43. The highest BCUT2D eigenvalue weighted by molar-refractivity contribution is 5.91. The lowest BCUT2D eigenvalue weighted by Gasteiger charge is -2.31. The van der Waals surface area contributed by atoms with Crippen molar-refractivity contribution in [2.75, 3.05) is 13.1 Å². The number of nitrogens with one attached hydrogen (secondary N) is 1. The molecular weight excluding hydrogens is 328 g/mol. The Morgan fingerprint density at radius 2 is 1.63 bits per heavy atom. The summed E-state index contributed by atoms with van der Waals surface area (Å²) in [4.78, 5) is 5.03. The third-order valence-corrected chi connectivity index (χ3v) is 6.30. The quantitative estimate of drug-likeness (QED) is 0.524. The van der Waals surface area contributed by atoms with Gasteiger partial charge in [-0.15, -0.1) is 0 Å². The van der Waals surface area contributed by atoms with Gasteiger partial charge in [-0.3, -0.25) is 4.99 Å². The number of hydrogen-bond donors (Lipinski definition) is 1. The number of rotatable bonds is 4. The monoisotopic (exact) mass is 372 g/mol. The summed E-state index contributed by atoms with van der Waals surface area (Å²) in [6, 6.07) is 0. The zero-order valence-corrected chi connectivity index (χ0v) is 19.0. The third kappa shape index (κ3) is 7.84. The van der Waals surface area contributed by atoms with Crippen LogP contribution in [0.25, 0.3) is 0 Å². The first-order valence-corrected chi connectivity index (χ1v) is 11.3. The maximum atomic E-state index is 5.03. The van der Waals surface area contributed by atoms with E-state index in [0.29, 0.717) is 5.41 Å². The predicted molar refractivity (Wildman–Crippen MR) is 120 cm³/mol. The molecule has 27 heavy (non-hydrogen) atoms. The molecule has 1 saturated heterocycles. The minimum atomic E-state index is 0.0472. The van der Waals surface area contributed by atoms with Gasteiger partial charge in [0.2, 0.25) is 0 Å². The van der Waals surface area contributed by atoms with E-state index in [1.165, 1.54) is 62.8 Å². The molecule has 0 atom stereocenters. The summed E-state index contributed by atoms with van der Waals surface area (Å²) in [6.07, 6.45) is 18.8. The van der Waals surface area contributed by atoms with E-state index in [9.17, 15) is 0 Å². The lowest BCUT2D eigenvalue weighted by molar-refractivity contribution is 0.301. The van der Waals surface area contributed by atoms with Crippen molar-refractivity contribution >= 4 is 5.71 Å². The molecule has 1 fully saturated rings. The maximum Gasteiger partial charge on any atom is 0.0394 e. The molecule has 0 saturated carbocycles. The van der Waals surface area contributed by atoms with Crippen LogP contribution in [0.3, 0.4) is 0 Å². The number of nitrogens with zero attached hydrogens (tertiary/aromatic N) is 1. The summed E-state index contributed by atoms with van der Waals surface area (Å²) in [5, 5.41) is 3.66. The van der Waals surface area contributed by atoms with E-state index in [4.69, 9.17) is 4.99 Å². The molecule has 0 amide bonds. The van der Waals surface area contributed by atoms with Crippen LogP contribution >= 0.6 is 0 Å². The molecule has 0 radical (unpaired) electrons. The van der Waals surface area contributed by atoms with Gasteiger partial charge in [-0.25, -0.2) is 0 Å². The number of hydrogen-bond acceptors (Lipinski definition) is 2. The van der Waals surface area contributed by atoms with Crippen LogP contribution in [0.4, 0.5) is 0 Å². The van der Waals surface area contributed by atoms with Gasteiger partial charge in [0, 0.05) is 35.3 Å². The van der Waals surface area contributed by atoms with Gasteiger partial charge in [0.15, 0.2) is 0 Å². The maximum absolute atomic E-state index is 5.03. The van der Waals surface area contributed by atoms with Crippen LogP contribution in [0.5, 0.6) is 0 Å². The Kier molecular flexibility index (Phi) is 7.77. The first-order chi connectivity index (χ1) is 12.6. The Hall–Kier alpha value is -1.05. The van der Waals surface area contributed by atoms with Crippen LogP contribution < -0.4 is 5.32 Å². The SMILES string of the molecule is CC(C)(/C=C/C(C)(C)C1=NCCC(C)(C)CCC1)/C=C1\CCCCCCN1. The van der Waals surface area contributed by atoms with Crippen molar-refractivity contribution in [3.63, 3.8) is 0 Å². The minimum absolute atomic E-state index is 0.0472. The molecule has 2 nitrogen and oxygen atoms in total. The molecule has 0 spiro atoms. The summed E-state index contributed by atoms with van der Waals surface area (Å²) in [7, 11) is 0. The highest BCUT2D eigenvalue weighted by Crippen LogP contribution is 2.34. The fourth-order valence-electron chi connectivity index (χ4n) is 4.23. The van der Waals surface area contributed by atoms with Gasteiger partial charge in [-0.05, 0) is 50.4 Å². The van der Waals surface area contributed by atoms with E-state index >= 15 is 0 Å². The molecule has 2 heterocycles. The van der Waals surface area contributed by atoms with Crippen LogP contribution in [-0.2, 0) is 0 Å². The minimum Gasteiger partial charge on any atom is -0.389 e. The van der Waals surface area contributed by atoms with E-state index in [1.54, 1.807) is 0 Å². The summed E-state index contributed by atoms with van der Waals surface area (Å²) < 4.78 is 0. The molecular formula is C25H44N2. The first kappa shape index (κ1) is 22.2. The summed E-state index contributed by atoms with van der Waals surface area (Å²) in [6.45, 7) is 16.2. The third-order valence-electron chi connectivity index (χ3n) is 6.30. The molecule has 1 N–H and O–H groups in total. The van der Waals surface area contributed by atoms with E-state index in [2.05, 4.69) is 65.1 Å². The summed E-state index contributed by atoms with van der Waals surface area (Å²) in [5.41, 5.74) is 3.40. The van der Waals surface area contributed by atoms with Gasteiger partial charge in [0.05, 0.1) is 0 Å². The van der Waals surface area contributed by atoms with E-state index in [0.717, 1.165) is 19.5 Å². The van der Waals surface area contributed by atoms with Gasteiger partial charge < -0.3 is 5.32 Å². The molecule has 0 unspecified atom stereocenters. The van der Waals surface area contributed by atoms with Gasteiger partial charge >= 0.3 is 0 Å². The Morgan fingerprint density at radius 1 is 0.889 bits per heavy atom. The standard InChI is InChI=1S/C25H44N2/c1-23(2)14-11-13-22(27-19-17-23)25(5,6)16-15-24(3,4)20-21-12-9-7-8-10-18-26-21/h15-16,20,26H,7-14,17-19H2,1-6H3/b16-15+,21-20+,27-22?. The highest BCUT2D eigenvalue weighted by atomic mass is 14.9. The molecule has 2 aliphatic rings. The van der Waals surface area contributed by atoms with E-state index in [1.807, 2.05) is 0 Å². The zero-order chi connectivity index (χ0) is 20.0. The van der Waals surface area contributed by atoms with Gasteiger partial charge in [-0.1, -0.05) is 72.6 Å². The fraction of sp³-hybridized carbons (Fsp3) is 0.800. The van der Waals surface area contributed by atoms with Gasteiger partial charge in [0.1, 0.15) is 0 Å². The molecule has 2 heteroatoms. The van der Waals surface area contributed by atoms with Crippen molar-refractivity contribution < 1.29 is 0 Å². The van der Waals surface area contributed by atoms with Crippen molar-refractivity contribution in [3.8, 4) is 0 Å². The van der Waals surface area contributed by atoms with Gasteiger partial charge in [0.25, 0.3) is 0 Å². The molecule has 2 aliphatic heterocycles. The molecule has 0 bridgehead atoms. The van der Waals surface area contributed by atoms with E-state index < -0.39 is 0 Å².